The van der Waals surface area contributed by atoms with Gasteiger partial charge in [-0.3, -0.25) is 0 Å². The number of hydrogen-bond acceptors (Lipinski definition) is 3. The number of rotatable bonds is 4. The van der Waals surface area contributed by atoms with Gasteiger partial charge in [-0.05, 0) is 26.3 Å². The molecule has 1 N–H and O–H groups in total. The van der Waals surface area contributed by atoms with Crippen LogP contribution in [0, 0.1) is 0 Å². The van der Waals surface area contributed by atoms with Crippen LogP contribution in [0.15, 0.2) is 0 Å². The van der Waals surface area contributed by atoms with Crippen molar-refractivity contribution in [1.29, 1.82) is 0 Å². The first-order chi connectivity index (χ1) is 5.77. The third-order valence-electron chi connectivity index (χ3n) is 2.30. The lowest BCUT2D eigenvalue weighted by atomic mass is 9.96. The molecule has 1 unspecified atom stereocenters. The van der Waals surface area contributed by atoms with Crippen LogP contribution in [0.4, 0.5) is 0 Å². The summed E-state index contributed by atoms with van der Waals surface area (Å²) in [5, 5.41) is 3.34. The molecule has 0 aromatic carbocycles. The average Bonchev–Trinajstić information content (AvgIpc) is 2.06. The van der Waals surface area contributed by atoms with Crippen molar-refractivity contribution in [3.8, 4) is 0 Å². The maximum Gasteiger partial charge on any atom is 0.0779 e. The normalized spacial score (nSPS) is 30.5. The fourth-order valence-electron chi connectivity index (χ4n) is 1.52. The van der Waals surface area contributed by atoms with Crippen molar-refractivity contribution in [3.05, 3.63) is 0 Å². The Morgan fingerprint density at radius 2 is 2.25 bits per heavy atom. The van der Waals surface area contributed by atoms with E-state index in [4.69, 9.17) is 9.47 Å². The molecule has 1 fully saturated rings. The van der Waals surface area contributed by atoms with E-state index in [9.17, 15) is 0 Å². The Morgan fingerprint density at radius 1 is 1.42 bits per heavy atom. The van der Waals surface area contributed by atoms with Gasteiger partial charge >= 0.3 is 0 Å². The van der Waals surface area contributed by atoms with Crippen molar-refractivity contribution >= 4 is 0 Å². The van der Waals surface area contributed by atoms with Gasteiger partial charge in [-0.1, -0.05) is 0 Å². The summed E-state index contributed by atoms with van der Waals surface area (Å²) in [6.07, 6.45) is 2.37. The molecule has 1 aliphatic heterocycles. The SMILES string of the molecule is COCCOC1(C)CCCNC1. The van der Waals surface area contributed by atoms with Crippen molar-refractivity contribution in [3.63, 3.8) is 0 Å². The van der Waals surface area contributed by atoms with Crippen LogP contribution < -0.4 is 5.32 Å². The van der Waals surface area contributed by atoms with E-state index < -0.39 is 0 Å². The monoisotopic (exact) mass is 173 g/mol. The summed E-state index contributed by atoms with van der Waals surface area (Å²) < 4.78 is 10.7. The maximum atomic E-state index is 5.72. The molecular weight excluding hydrogens is 154 g/mol. The predicted octanol–water partition coefficient (Wildman–Crippen LogP) is 0.792. The van der Waals surface area contributed by atoms with Crippen molar-refractivity contribution < 1.29 is 9.47 Å². The third kappa shape index (κ3) is 3.09. The second kappa shape index (κ2) is 4.80. The number of ether oxygens (including phenoxy) is 2. The summed E-state index contributed by atoms with van der Waals surface area (Å²) >= 11 is 0. The van der Waals surface area contributed by atoms with Crippen LogP contribution in [0.2, 0.25) is 0 Å². The van der Waals surface area contributed by atoms with E-state index in [1.807, 2.05) is 0 Å². The summed E-state index contributed by atoms with van der Waals surface area (Å²) in [5.41, 5.74) is 0.0385. The van der Waals surface area contributed by atoms with Gasteiger partial charge < -0.3 is 14.8 Å². The number of piperidine rings is 1. The molecule has 1 atom stereocenters. The molecule has 0 amide bonds. The van der Waals surface area contributed by atoms with Gasteiger partial charge in [0.05, 0.1) is 18.8 Å². The molecule has 3 nitrogen and oxygen atoms in total. The van der Waals surface area contributed by atoms with Crippen LogP contribution in [0.1, 0.15) is 19.8 Å². The highest BCUT2D eigenvalue weighted by atomic mass is 16.5. The minimum Gasteiger partial charge on any atom is -0.382 e. The highest BCUT2D eigenvalue weighted by Gasteiger charge is 2.26. The van der Waals surface area contributed by atoms with E-state index >= 15 is 0 Å². The topological polar surface area (TPSA) is 30.5 Å². The molecule has 0 aromatic heterocycles. The van der Waals surface area contributed by atoms with Gasteiger partial charge in [-0.15, -0.1) is 0 Å². The Labute approximate surface area is 74.4 Å². The molecule has 72 valence electrons. The molecule has 0 bridgehead atoms. The van der Waals surface area contributed by atoms with Crippen LogP contribution in [-0.4, -0.2) is 39.0 Å². The summed E-state index contributed by atoms with van der Waals surface area (Å²) in [7, 11) is 1.70. The van der Waals surface area contributed by atoms with E-state index in [2.05, 4.69) is 12.2 Å². The number of nitrogens with one attached hydrogen (secondary N) is 1. The van der Waals surface area contributed by atoms with E-state index in [-0.39, 0.29) is 5.60 Å². The highest BCUT2D eigenvalue weighted by Crippen LogP contribution is 2.19. The van der Waals surface area contributed by atoms with Gasteiger partial charge in [0.25, 0.3) is 0 Å². The third-order valence-corrected chi connectivity index (χ3v) is 2.30. The van der Waals surface area contributed by atoms with Gasteiger partial charge in [-0.25, -0.2) is 0 Å². The summed E-state index contributed by atoms with van der Waals surface area (Å²) in [4.78, 5) is 0. The molecule has 1 saturated heterocycles. The first-order valence-corrected chi connectivity index (χ1v) is 4.60. The molecule has 0 saturated carbocycles. The van der Waals surface area contributed by atoms with E-state index in [1.165, 1.54) is 6.42 Å². The Balaban J connectivity index is 2.17. The van der Waals surface area contributed by atoms with Crippen LogP contribution in [-0.2, 0) is 9.47 Å². The van der Waals surface area contributed by atoms with E-state index in [0.29, 0.717) is 13.2 Å². The number of hydrogen-bond donors (Lipinski definition) is 1. The second-order valence-electron chi connectivity index (χ2n) is 3.57. The Kier molecular flexibility index (Phi) is 3.98. The van der Waals surface area contributed by atoms with Crippen LogP contribution in [0.3, 0.4) is 0 Å². The lowest BCUT2D eigenvalue weighted by Gasteiger charge is -2.34. The Morgan fingerprint density at radius 3 is 2.83 bits per heavy atom. The molecule has 0 spiro atoms. The quantitative estimate of drug-likeness (QED) is 0.638. The van der Waals surface area contributed by atoms with E-state index in [1.54, 1.807) is 7.11 Å². The summed E-state index contributed by atoms with van der Waals surface area (Å²) in [5.74, 6) is 0. The average molecular weight is 173 g/mol. The zero-order valence-electron chi connectivity index (χ0n) is 8.06. The summed E-state index contributed by atoms with van der Waals surface area (Å²) in [6, 6.07) is 0. The predicted molar refractivity (Wildman–Crippen MR) is 48.3 cm³/mol. The fraction of sp³-hybridized carbons (Fsp3) is 1.00. The smallest absolute Gasteiger partial charge is 0.0779 e. The second-order valence-corrected chi connectivity index (χ2v) is 3.57. The lowest BCUT2D eigenvalue weighted by molar-refractivity contribution is -0.0630. The molecule has 0 aliphatic carbocycles. The zero-order valence-corrected chi connectivity index (χ0v) is 8.06. The minimum atomic E-state index is 0.0385. The van der Waals surface area contributed by atoms with Gasteiger partial charge in [-0.2, -0.15) is 0 Å². The highest BCUT2D eigenvalue weighted by molar-refractivity contribution is 4.82. The first-order valence-electron chi connectivity index (χ1n) is 4.60. The molecule has 3 heteroatoms. The number of methoxy groups -OCH3 is 1. The summed E-state index contributed by atoms with van der Waals surface area (Å²) in [6.45, 7) is 5.65. The largest absolute Gasteiger partial charge is 0.382 e. The van der Waals surface area contributed by atoms with Gasteiger partial charge in [0, 0.05) is 13.7 Å². The molecule has 1 rings (SSSR count). The standard InChI is InChI=1S/C9H19NO2/c1-9(12-7-6-11-2)4-3-5-10-8-9/h10H,3-8H2,1-2H3. The van der Waals surface area contributed by atoms with Crippen molar-refractivity contribution in [2.45, 2.75) is 25.4 Å². The van der Waals surface area contributed by atoms with Gasteiger partial charge in [0.1, 0.15) is 0 Å². The molecule has 12 heavy (non-hydrogen) atoms. The molecule has 0 aromatic rings. The Bertz CT molecular complexity index is 122. The molecule has 1 aliphatic rings. The zero-order chi connectivity index (χ0) is 8.86. The fourth-order valence-corrected chi connectivity index (χ4v) is 1.52. The lowest BCUT2D eigenvalue weighted by Crippen LogP contribution is -2.45. The maximum absolute atomic E-state index is 5.72. The molecular formula is C9H19NO2. The molecule has 1 heterocycles. The van der Waals surface area contributed by atoms with Crippen molar-refractivity contribution in [1.82, 2.24) is 5.32 Å². The first kappa shape index (κ1) is 9.96. The van der Waals surface area contributed by atoms with E-state index in [0.717, 1.165) is 19.5 Å². The van der Waals surface area contributed by atoms with Crippen LogP contribution in [0.25, 0.3) is 0 Å². The minimum absolute atomic E-state index is 0.0385. The molecule has 0 radical (unpaired) electrons. The van der Waals surface area contributed by atoms with Crippen molar-refractivity contribution in [2.75, 3.05) is 33.4 Å². The van der Waals surface area contributed by atoms with Gasteiger partial charge in [0.15, 0.2) is 0 Å². The van der Waals surface area contributed by atoms with Crippen LogP contribution >= 0.6 is 0 Å². The van der Waals surface area contributed by atoms with Gasteiger partial charge in [0.2, 0.25) is 0 Å². The van der Waals surface area contributed by atoms with Crippen LogP contribution in [0.5, 0.6) is 0 Å². The Hall–Kier alpha value is -0.120. The van der Waals surface area contributed by atoms with Crippen molar-refractivity contribution in [2.24, 2.45) is 0 Å².